The Balaban J connectivity index is 1.19. The van der Waals surface area contributed by atoms with E-state index in [9.17, 15) is 0 Å². The van der Waals surface area contributed by atoms with Gasteiger partial charge < -0.3 is 4.57 Å². The molecule has 0 fully saturated rings. The summed E-state index contributed by atoms with van der Waals surface area (Å²) in [6.45, 7) is 0. The van der Waals surface area contributed by atoms with Crippen molar-refractivity contribution in [1.29, 1.82) is 0 Å². The van der Waals surface area contributed by atoms with E-state index < -0.39 is 0 Å². The van der Waals surface area contributed by atoms with Gasteiger partial charge in [-0.1, -0.05) is 140 Å². The lowest BCUT2D eigenvalue weighted by atomic mass is 9.63. The van der Waals surface area contributed by atoms with Crippen LogP contribution in [0.4, 0.5) is 0 Å². The van der Waals surface area contributed by atoms with Gasteiger partial charge in [0.15, 0.2) is 0 Å². The van der Waals surface area contributed by atoms with E-state index in [4.69, 9.17) is 0 Å². The predicted molar refractivity (Wildman–Crippen MR) is 238 cm³/mol. The summed E-state index contributed by atoms with van der Waals surface area (Å²) in [4.78, 5) is 0. The Morgan fingerprint density at radius 1 is 0.456 bits per heavy atom. The number of para-hydroxylation sites is 1. The quantitative estimate of drug-likeness (QED) is 0.166. The summed E-state index contributed by atoms with van der Waals surface area (Å²) < 4.78 is 2.50. The van der Waals surface area contributed by atoms with Gasteiger partial charge in [-0.2, -0.15) is 0 Å². The highest BCUT2D eigenvalue weighted by atomic mass is 15.0. The van der Waals surface area contributed by atoms with E-state index in [-0.39, 0.29) is 10.8 Å². The first-order valence-electron chi connectivity index (χ1n) is 21.2. The summed E-state index contributed by atoms with van der Waals surface area (Å²) in [6.07, 6.45) is 21.3. The Labute approximate surface area is 335 Å². The van der Waals surface area contributed by atoms with Crippen LogP contribution in [0.25, 0.3) is 38.6 Å². The molecule has 1 aromatic heterocycles. The molecule has 1 nitrogen and oxygen atoms in total. The average Bonchev–Trinajstić information content (AvgIpc) is 3.90. The minimum Gasteiger partial charge on any atom is -0.309 e. The van der Waals surface area contributed by atoms with Gasteiger partial charge in [0.2, 0.25) is 0 Å². The Hall–Kier alpha value is -6.18. The van der Waals surface area contributed by atoms with Crippen LogP contribution in [0.2, 0.25) is 0 Å². The highest BCUT2D eigenvalue weighted by Gasteiger charge is 2.50. The molecule has 1 heterocycles. The maximum Gasteiger partial charge on any atom is 0.0676 e. The van der Waals surface area contributed by atoms with Crippen LogP contribution < -0.4 is 0 Å². The molecule has 1 heteroatoms. The minimum atomic E-state index is -0.379. The summed E-state index contributed by atoms with van der Waals surface area (Å²) >= 11 is 0. The Morgan fingerprint density at radius 2 is 1.09 bits per heavy atom. The molecular formula is C56H45N. The SMILES string of the molecule is C1=CC(C2(c3ccc4c(c3)c3cc(C5(c6ccccc6)C6=C(C=CCC6)c6ccccc65)ccc3n4-c3ccccc3)C3=C(CCCC3)c3ccccc32)=CCC1. The molecule has 0 spiro atoms. The second-order valence-corrected chi connectivity index (χ2v) is 16.7. The molecule has 2 unspecified atom stereocenters. The lowest BCUT2D eigenvalue weighted by Gasteiger charge is -2.38. The predicted octanol–water partition coefficient (Wildman–Crippen LogP) is 14.1. The van der Waals surface area contributed by atoms with Gasteiger partial charge in [-0.15, -0.1) is 0 Å². The van der Waals surface area contributed by atoms with Crippen molar-refractivity contribution in [2.45, 2.75) is 62.2 Å². The normalized spacial score (nSPS) is 22.1. The molecule has 57 heavy (non-hydrogen) atoms. The van der Waals surface area contributed by atoms with Gasteiger partial charge in [0.25, 0.3) is 0 Å². The zero-order chi connectivity index (χ0) is 37.6. The molecule has 0 saturated carbocycles. The smallest absolute Gasteiger partial charge is 0.0676 e. The molecule has 5 aliphatic rings. The van der Waals surface area contributed by atoms with E-state index in [0.717, 1.165) is 32.1 Å². The van der Waals surface area contributed by atoms with Gasteiger partial charge in [-0.25, -0.2) is 0 Å². The number of nitrogens with zero attached hydrogens (tertiary/aromatic N) is 1. The number of hydrogen-bond acceptors (Lipinski definition) is 0. The number of aromatic nitrogens is 1. The van der Waals surface area contributed by atoms with Crippen molar-refractivity contribution in [2.75, 3.05) is 0 Å². The summed E-state index contributed by atoms with van der Waals surface area (Å²) in [5.74, 6) is 0. The van der Waals surface area contributed by atoms with Crippen LogP contribution in [-0.4, -0.2) is 4.57 Å². The second-order valence-electron chi connectivity index (χ2n) is 16.7. The van der Waals surface area contributed by atoms with Crippen LogP contribution in [0.15, 0.2) is 193 Å². The van der Waals surface area contributed by atoms with Crippen LogP contribution >= 0.6 is 0 Å². The molecule has 2 atom stereocenters. The molecule has 7 aromatic rings. The molecule has 6 aromatic carbocycles. The molecule has 0 saturated heterocycles. The number of fused-ring (bicyclic) bond motifs is 7. The Bertz CT molecular complexity index is 2950. The summed E-state index contributed by atoms with van der Waals surface area (Å²) in [7, 11) is 0. The van der Waals surface area contributed by atoms with E-state index in [2.05, 4.69) is 181 Å². The van der Waals surface area contributed by atoms with Gasteiger partial charge in [0, 0.05) is 16.5 Å². The first kappa shape index (κ1) is 33.0. The van der Waals surface area contributed by atoms with Crippen molar-refractivity contribution in [2.24, 2.45) is 0 Å². The zero-order valence-corrected chi connectivity index (χ0v) is 32.3. The first-order chi connectivity index (χ1) is 28.3. The van der Waals surface area contributed by atoms with Gasteiger partial charge in [0.05, 0.1) is 21.9 Å². The van der Waals surface area contributed by atoms with Gasteiger partial charge in [-0.05, 0) is 155 Å². The standard InChI is InChI=1S/C56H45N/c1-4-18-38(19-5-1)55(49-28-14-10-24-43(49)44-25-11-15-29-50(44)55)40-32-34-53-47(36-40)48-37-41(33-35-54(48)57(53)42-22-8-3-9-23-42)56(39-20-6-2-7-21-39)51-30-16-12-26-45(51)46-27-13-17-31-52(46)56/h1,3-6,8-12,14,16,18-26,28,30,32-37H,2,7,13,15,17,27,29,31H2. The zero-order valence-electron chi connectivity index (χ0n) is 32.3. The fourth-order valence-corrected chi connectivity index (χ4v) is 11.9. The van der Waals surface area contributed by atoms with Gasteiger partial charge >= 0.3 is 0 Å². The molecule has 0 aliphatic heterocycles. The third-order valence-electron chi connectivity index (χ3n) is 14.1. The Morgan fingerprint density at radius 3 is 1.82 bits per heavy atom. The van der Waals surface area contributed by atoms with Crippen molar-refractivity contribution in [3.63, 3.8) is 0 Å². The Kier molecular flexibility index (Phi) is 7.33. The fraction of sp³-hybridized carbons (Fsp3) is 0.179. The first-order valence-corrected chi connectivity index (χ1v) is 21.2. The van der Waals surface area contributed by atoms with Crippen molar-refractivity contribution in [1.82, 2.24) is 4.57 Å². The maximum absolute atomic E-state index is 2.61. The molecule has 0 N–H and O–H groups in total. The van der Waals surface area contributed by atoms with E-state index >= 15 is 0 Å². The molecule has 274 valence electrons. The highest BCUT2D eigenvalue weighted by Crippen LogP contribution is 2.61. The summed E-state index contributed by atoms with van der Waals surface area (Å²) in [6, 6.07) is 55.9. The lowest BCUT2D eigenvalue weighted by Crippen LogP contribution is -2.31. The number of rotatable bonds is 5. The monoisotopic (exact) mass is 731 g/mol. The minimum absolute atomic E-state index is 0.292. The van der Waals surface area contributed by atoms with Gasteiger partial charge in [0.1, 0.15) is 0 Å². The van der Waals surface area contributed by atoms with Crippen molar-refractivity contribution >= 4 is 33.0 Å². The van der Waals surface area contributed by atoms with Gasteiger partial charge in [-0.3, -0.25) is 0 Å². The molecule has 12 rings (SSSR count). The van der Waals surface area contributed by atoms with Crippen LogP contribution in [0.3, 0.4) is 0 Å². The molecular weight excluding hydrogens is 687 g/mol. The molecule has 0 bridgehead atoms. The molecule has 0 amide bonds. The van der Waals surface area contributed by atoms with Crippen LogP contribution in [0, 0.1) is 0 Å². The fourth-order valence-electron chi connectivity index (χ4n) is 11.9. The maximum atomic E-state index is 2.61. The lowest BCUT2D eigenvalue weighted by molar-refractivity contribution is 0.629. The van der Waals surface area contributed by atoms with Crippen LogP contribution in [0.1, 0.15) is 90.3 Å². The number of allylic oxidation sites excluding steroid dienone is 10. The van der Waals surface area contributed by atoms with Crippen molar-refractivity contribution in [3.8, 4) is 5.69 Å². The molecule has 5 aliphatic carbocycles. The average molecular weight is 732 g/mol. The van der Waals surface area contributed by atoms with E-state index in [1.807, 2.05) is 0 Å². The third-order valence-corrected chi connectivity index (χ3v) is 14.1. The van der Waals surface area contributed by atoms with E-state index in [1.165, 1.54) is 102 Å². The van der Waals surface area contributed by atoms with Crippen LogP contribution in [0.5, 0.6) is 0 Å². The topological polar surface area (TPSA) is 4.93 Å². The van der Waals surface area contributed by atoms with Crippen molar-refractivity contribution < 1.29 is 0 Å². The number of benzene rings is 6. The summed E-state index contributed by atoms with van der Waals surface area (Å²) in [5.41, 5.74) is 20.4. The largest absolute Gasteiger partial charge is 0.309 e. The van der Waals surface area contributed by atoms with Crippen LogP contribution in [-0.2, 0) is 10.8 Å². The van der Waals surface area contributed by atoms with Crippen molar-refractivity contribution in [3.05, 3.63) is 232 Å². The second kappa shape index (κ2) is 12.7. The highest BCUT2D eigenvalue weighted by molar-refractivity contribution is 6.10. The number of hydrogen-bond donors (Lipinski definition) is 0. The van der Waals surface area contributed by atoms with E-state index in [0.29, 0.717) is 0 Å². The third kappa shape index (κ3) is 4.46. The van der Waals surface area contributed by atoms with E-state index in [1.54, 1.807) is 11.1 Å². The molecule has 0 radical (unpaired) electrons. The summed E-state index contributed by atoms with van der Waals surface area (Å²) in [5, 5.41) is 2.64.